The number of hydrogen-bond acceptors (Lipinski definition) is 3. The summed E-state index contributed by atoms with van der Waals surface area (Å²) in [5.41, 5.74) is 1.01. The van der Waals surface area contributed by atoms with Crippen molar-refractivity contribution in [3.8, 4) is 0 Å². The topological polar surface area (TPSA) is 57.6 Å². The van der Waals surface area contributed by atoms with Gasteiger partial charge in [0.15, 0.2) is 4.87 Å². The molecule has 1 rings (SSSR count). The minimum atomic E-state index is -4.12. The highest BCUT2D eigenvalue weighted by Crippen LogP contribution is 2.30. The highest BCUT2D eigenvalue weighted by molar-refractivity contribution is 7.87. The fourth-order valence-corrected chi connectivity index (χ4v) is 2.45. The average Bonchev–Trinajstić information content (AvgIpc) is 2.02. The number of likely N-dealkylation sites (N-methyl/N-ethyl adjacent to an activating group) is 1. The minimum absolute atomic E-state index is 0.279. The normalized spacial score (nSPS) is 27.9. The second-order valence-electron chi connectivity index (χ2n) is 3.70. The highest BCUT2D eigenvalue weighted by Gasteiger charge is 2.42. The van der Waals surface area contributed by atoms with E-state index in [1.54, 1.807) is 26.2 Å². The van der Waals surface area contributed by atoms with Gasteiger partial charge in [-0.15, -0.1) is 0 Å². The Morgan fingerprint density at radius 3 is 2.36 bits per heavy atom. The summed E-state index contributed by atoms with van der Waals surface area (Å²) in [5.74, 6) is 0. The van der Waals surface area contributed by atoms with E-state index in [-0.39, 0.29) is 6.42 Å². The Kier molecular flexibility index (Phi) is 2.85. The molecule has 1 unspecified atom stereocenters. The first-order valence-electron chi connectivity index (χ1n) is 4.30. The molecule has 0 saturated heterocycles. The largest absolute Gasteiger partial charge is 0.288 e. The fourth-order valence-electron chi connectivity index (χ4n) is 1.46. The van der Waals surface area contributed by atoms with E-state index in [0.717, 1.165) is 5.57 Å². The van der Waals surface area contributed by atoms with E-state index in [2.05, 4.69) is 0 Å². The molecule has 0 aromatic heterocycles. The van der Waals surface area contributed by atoms with Gasteiger partial charge in [0.2, 0.25) is 0 Å². The Morgan fingerprint density at radius 1 is 1.50 bits per heavy atom. The molecule has 0 radical (unpaired) electrons. The van der Waals surface area contributed by atoms with Gasteiger partial charge >= 0.3 is 0 Å². The Morgan fingerprint density at radius 2 is 2.07 bits per heavy atom. The lowest BCUT2D eigenvalue weighted by atomic mass is 10.0. The first kappa shape index (κ1) is 11.4. The van der Waals surface area contributed by atoms with Crippen LogP contribution in [0, 0.1) is 0 Å². The van der Waals surface area contributed by atoms with Crippen molar-refractivity contribution in [2.75, 3.05) is 14.1 Å². The molecule has 1 aliphatic carbocycles. The summed E-state index contributed by atoms with van der Waals surface area (Å²) < 4.78 is 31.8. The number of allylic oxidation sites excluding steroid dienone is 2. The summed E-state index contributed by atoms with van der Waals surface area (Å²) >= 11 is 0. The van der Waals surface area contributed by atoms with E-state index in [1.807, 2.05) is 6.92 Å². The van der Waals surface area contributed by atoms with Crippen LogP contribution >= 0.6 is 0 Å². The van der Waals surface area contributed by atoms with Gasteiger partial charge in [0.05, 0.1) is 0 Å². The molecule has 0 fully saturated rings. The maximum absolute atomic E-state index is 11.3. The van der Waals surface area contributed by atoms with Crippen LogP contribution in [0.5, 0.6) is 0 Å². The third-order valence-electron chi connectivity index (χ3n) is 2.53. The Hall–Kier alpha value is -0.650. The third kappa shape index (κ3) is 1.75. The first-order valence-corrected chi connectivity index (χ1v) is 5.74. The molecule has 0 heterocycles. The number of nitrogens with zero attached hydrogens (tertiary/aromatic N) is 1. The van der Waals surface area contributed by atoms with Crippen molar-refractivity contribution < 1.29 is 13.0 Å². The van der Waals surface area contributed by atoms with Crippen molar-refractivity contribution >= 4 is 10.1 Å². The maximum Gasteiger partial charge on any atom is 0.288 e. The molecule has 5 heteroatoms. The summed E-state index contributed by atoms with van der Waals surface area (Å²) in [4.78, 5) is 0.203. The minimum Gasteiger partial charge on any atom is -0.285 e. The van der Waals surface area contributed by atoms with E-state index in [0.29, 0.717) is 0 Å². The van der Waals surface area contributed by atoms with Crippen LogP contribution in [0.1, 0.15) is 13.3 Å². The van der Waals surface area contributed by atoms with E-state index in [4.69, 9.17) is 0 Å². The monoisotopic (exact) mass is 217 g/mol. The molecule has 1 aliphatic rings. The predicted octanol–water partition coefficient (Wildman–Crippen LogP) is 1.04. The lowest BCUT2D eigenvalue weighted by Crippen LogP contribution is -2.49. The Labute approximate surface area is 84.7 Å². The van der Waals surface area contributed by atoms with Gasteiger partial charge in [-0.3, -0.25) is 9.45 Å². The van der Waals surface area contributed by atoms with Crippen LogP contribution in [0.15, 0.2) is 23.8 Å². The molecule has 14 heavy (non-hydrogen) atoms. The van der Waals surface area contributed by atoms with Gasteiger partial charge in [-0.1, -0.05) is 17.7 Å². The van der Waals surface area contributed by atoms with Crippen molar-refractivity contribution in [1.29, 1.82) is 0 Å². The summed E-state index contributed by atoms with van der Waals surface area (Å²) in [5, 5.41) is 0. The van der Waals surface area contributed by atoms with Crippen molar-refractivity contribution in [3.05, 3.63) is 23.8 Å². The Balaban J connectivity index is 3.19. The second kappa shape index (κ2) is 3.49. The van der Waals surface area contributed by atoms with E-state index >= 15 is 0 Å². The lowest BCUT2D eigenvalue weighted by Gasteiger charge is -2.34. The SMILES string of the molecule is CC1=CCC(N(C)C)(S(=O)(=O)O)C=C1. The Bertz CT molecular complexity index is 381. The van der Waals surface area contributed by atoms with Gasteiger partial charge < -0.3 is 0 Å². The zero-order valence-corrected chi connectivity index (χ0v) is 9.37. The second-order valence-corrected chi connectivity index (χ2v) is 5.36. The van der Waals surface area contributed by atoms with Crippen LogP contribution in [0.4, 0.5) is 0 Å². The number of hydrogen-bond donors (Lipinski definition) is 1. The highest BCUT2D eigenvalue weighted by atomic mass is 32.2. The molecule has 1 atom stereocenters. The summed E-state index contributed by atoms with van der Waals surface area (Å²) in [6.07, 6.45) is 5.31. The summed E-state index contributed by atoms with van der Waals surface area (Å²) in [6, 6.07) is 0. The smallest absolute Gasteiger partial charge is 0.285 e. The van der Waals surface area contributed by atoms with Crippen molar-refractivity contribution in [3.63, 3.8) is 0 Å². The van der Waals surface area contributed by atoms with Gasteiger partial charge in [-0.05, 0) is 27.1 Å². The average molecular weight is 217 g/mol. The van der Waals surface area contributed by atoms with Gasteiger partial charge in [0, 0.05) is 6.42 Å². The van der Waals surface area contributed by atoms with Crippen LogP contribution < -0.4 is 0 Å². The van der Waals surface area contributed by atoms with E-state index in [1.165, 1.54) is 11.0 Å². The fraction of sp³-hybridized carbons (Fsp3) is 0.556. The quantitative estimate of drug-likeness (QED) is 0.702. The molecule has 80 valence electrons. The van der Waals surface area contributed by atoms with Crippen molar-refractivity contribution in [2.24, 2.45) is 0 Å². The van der Waals surface area contributed by atoms with Gasteiger partial charge in [0.25, 0.3) is 10.1 Å². The van der Waals surface area contributed by atoms with Gasteiger partial charge in [-0.2, -0.15) is 8.42 Å². The standard InChI is InChI=1S/C9H15NO3S/c1-8-4-6-9(7-5-8,10(2)3)14(11,12)13/h4-6H,7H2,1-3H3,(H,11,12,13). The molecule has 0 aromatic carbocycles. The molecule has 4 nitrogen and oxygen atoms in total. The van der Waals surface area contributed by atoms with Crippen LogP contribution in [-0.4, -0.2) is 36.8 Å². The molecule has 0 aliphatic heterocycles. The third-order valence-corrected chi connectivity index (χ3v) is 4.09. The molecule has 0 aromatic rings. The molecular formula is C9H15NO3S. The first-order chi connectivity index (χ1) is 6.29. The van der Waals surface area contributed by atoms with Crippen LogP contribution in [0.2, 0.25) is 0 Å². The van der Waals surface area contributed by atoms with E-state index in [9.17, 15) is 13.0 Å². The van der Waals surface area contributed by atoms with Crippen molar-refractivity contribution in [1.82, 2.24) is 4.90 Å². The zero-order valence-electron chi connectivity index (χ0n) is 8.56. The molecule has 0 saturated carbocycles. The predicted molar refractivity (Wildman–Crippen MR) is 55.5 cm³/mol. The summed E-state index contributed by atoms with van der Waals surface area (Å²) in [7, 11) is -0.853. The number of rotatable bonds is 2. The molecular weight excluding hydrogens is 202 g/mol. The lowest BCUT2D eigenvalue weighted by molar-refractivity contribution is 0.269. The van der Waals surface area contributed by atoms with Crippen molar-refractivity contribution in [2.45, 2.75) is 18.2 Å². The molecule has 0 bridgehead atoms. The van der Waals surface area contributed by atoms with Gasteiger partial charge in [-0.25, -0.2) is 0 Å². The zero-order chi connectivity index (χ0) is 11.0. The van der Waals surface area contributed by atoms with Crippen LogP contribution in [0.25, 0.3) is 0 Å². The molecule has 0 spiro atoms. The molecule has 1 N–H and O–H groups in total. The maximum atomic E-state index is 11.3. The van der Waals surface area contributed by atoms with E-state index < -0.39 is 15.0 Å². The van der Waals surface area contributed by atoms with Crippen LogP contribution in [-0.2, 0) is 10.1 Å². The summed E-state index contributed by atoms with van der Waals surface area (Å²) in [6.45, 7) is 1.89. The van der Waals surface area contributed by atoms with Gasteiger partial charge in [0.1, 0.15) is 0 Å². The molecule has 0 amide bonds. The van der Waals surface area contributed by atoms with Crippen LogP contribution in [0.3, 0.4) is 0 Å².